The van der Waals surface area contributed by atoms with E-state index in [0.717, 1.165) is 18.6 Å². The molecule has 0 bridgehead atoms. The van der Waals surface area contributed by atoms with Crippen molar-refractivity contribution in [3.63, 3.8) is 0 Å². The van der Waals surface area contributed by atoms with Gasteiger partial charge in [-0.25, -0.2) is 4.79 Å². The third-order valence-electron chi connectivity index (χ3n) is 4.32. The zero-order valence-electron chi connectivity index (χ0n) is 13.0. The van der Waals surface area contributed by atoms with E-state index in [0.29, 0.717) is 12.6 Å². The van der Waals surface area contributed by atoms with E-state index in [-0.39, 0.29) is 5.76 Å². The second-order valence-electron chi connectivity index (χ2n) is 5.78. The van der Waals surface area contributed by atoms with Gasteiger partial charge < -0.3 is 9.15 Å². The molecule has 2 aromatic rings. The molecule has 0 saturated carbocycles. The number of nitrogens with zero attached hydrogens (tertiary/aromatic N) is 1. The summed E-state index contributed by atoms with van der Waals surface area (Å²) < 4.78 is 10.2. The molecule has 0 unspecified atom stereocenters. The first-order valence-corrected chi connectivity index (χ1v) is 7.64. The Hall–Kier alpha value is -2.07. The van der Waals surface area contributed by atoms with Crippen LogP contribution in [0.4, 0.5) is 0 Å². The molecule has 0 radical (unpaired) electrons. The number of rotatable bonds is 4. The van der Waals surface area contributed by atoms with Crippen LogP contribution < -0.4 is 0 Å². The van der Waals surface area contributed by atoms with E-state index in [9.17, 15) is 4.79 Å². The minimum Gasteiger partial charge on any atom is -0.463 e. The summed E-state index contributed by atoms with van der Waals surface area (Å²) in [5, 5.41) is 0. The maximum absolute atomic E-state index is 11.4. The average Bonchev–Trinajstić information content (AvgIpc) is 3.02. The quantitative estimate of drug-likeness (QED) is 0.809. The monoisotopic (exact) mass is 299 g/mol. The van der Waals surface area contributed by atoms with Gasteiger partial charge in [0.15, 0.2) is 0 Å². The second kappa shape index (κ2) is 6.36. The van der Waals surface area contributed by atoms with Gasteiger partial charge in [-0.2, -0.15) is 0 Å². The first-order chi connectivity index (χ1) is 10.7. The highest BCUT2D eigenvalue weighted by atomic mass is 16.5. The molecule has 0 aliphatic heterocycles. The molecule has 0 N–H and O–H groups in total. The number of esters is 1. The van der Waals surface area contributed by atoms with Gasteiger partial charge in [0.1, 0.15) is 5.76 Å². The van der Waals surface area contributed by atoms with E-state index in [1.807, 2.05) is 6.07 Å². The van der Waals surface area contributed by atoms with Crippen LogP contribution in [0.3, 0.4) is 0 Å². The van der Waals surface area contributed by atoms with Gasteiger partial charge in [0.2, 0.25) is 5.76 Å². The maximum atomic E-state index is 11.4. The van der Waals surface area contributed by atoms with Crippen molar-refractivity contribution in [2.75, 3.05) is 14.2 Å². The van der Waals surface area contributed by atoms with E-state index in [1.165, 1.54) is 24.7 Å². The van der Waals surface area contributed by atoms with Crippen molar-refractivity contribution in [3.05, 3.63) is 59.0 Å². The number of benzene rings is 1. The Balaban J connectivity index is 1.74. The smallest absolute Gasteiger partial charge is 0.373 e. The van der Waals surface area contributed by atoms with Crippen LogP contribution in [0.25, 0.3) is 0 Å². The van der Waals surface area contributed by atoms with Crippen molar-refractivity contribution in [1.82, 2.24) is 4.90 Å². The van der Waals surface area contributed by atoms with E-state index in [1.54, 1.807) is 6.07 Å². The van der Waals surface area contributed by atoms with Crippen molar-refractivity contribution in [2.24, 2.45) is 0 Å². The van der Waals surface area contributed by atoms with Gasteiger partial charge in [0.25, 0.3) is 0 Å². The lowest BCUT2D eigenvalue weighted by Crippen LogP contribution is -2.27. The molecule has 1 aromatic carbocycles. The van der Waals surface area contributed by atoms with Gasteiger partial charge in [-0.1, -0.05) is 24.3 Å². The van der Waals surface area contributed by atoms with Crippen LogP contribution in [0.1, 0.15) is 46.3 Å². The van der Waals surface area contributed by atoms with Crippen LogP contribution in [-0.2, 0) is 17.7 Å². The van der Waals surface area contributed by atoms with Crippen LogP contribution in [0, 0.1) is 0 Å². The minimum absolute atomic E-state index is 0.259. The summed E-state index contributed by atoms with van der Waals surface area (Å²) in [4.78, 5) is 13.7. The third-order valence-corrected chi connectivity index (χ3v) is 4.32. The average molecular weight is 299 g/mol. The summed E-state index contributed by atoms with van der Waals surface area (Å²) in [7, 11) is 3.46. The van der Waals surface area contributed by atoms with E-state index >= 15 is 0 Å². The highest BCUT2D eigenvalue weighted by molar-refractivity contribution is 5.86. The second-order valence-corrected chi connectivity index (χ2v) is 5.78. The Morgan fingerprint density at radius 2 is 2.14 bits per heavy atom. The summed E-state index contributed by atoms with van der Waals surface area (Å²) in [6.07, 6.45) is 3.52. The molecule has 116 valence electrons. The molecule has 4 heteroatoms. The molecule has 0 saturated heterocycles. The minimum atomic E-state index is -0.433. The molecule has 4 nitrogen and oxygen atoms in total. The Labute approximate surface area is 130 Å². The Morgan fingerprint density at radius 1 is 1.32 bits per heavy atom. The van der Waals surface area contributed by atoms with Crippen molar-refractivity contribution in [2.45, 2.75) is 31.8 Å². The number of carbonyl (C=O) groups excluding carboxylic acids is 1. The van der Waals surface area contributed by atoms with Crippen molar-refractivity contribution in [3.8, 4) is 0 Å². The van der Waals surface area contributed by atoms with Crippen LogP contribution in [0.2, 0.25) is 0 Å². The van der Waals surface area contributed by atoms with Crippen LogP contribution >= 0.6 is 0 Å². The van der Waals surface area contributed by atoms with Crippen LogP contribution in [-0.4, -0.2) is 25.0 Å². The highest BCUT2D eigenvalue weighted by Crippen LogP contribution is 2.34. The first kappa shape index (κ1) is 14.9. The van der Waals surface area contributed by atoms with Gasteiger partial charge >= 0.3 is 5.97 Å². The standard InChI is InChI=1S/C18H21NO3/c1-19(12-14-10-11-17(22-14)18(20)21-2)16-9-5-7-13-6-3-4-8-15(13)16/h3-4,6,8,10-11,16H,5,7,9,12H2,1-2H3/t16-/m0/s1. The highest BCUT2D eigenvalue weighted by Gasteiger charge is 2.24. The lowest BCUT2D eigenvalue weighted by molar-refractivity contribution is 0.0560. The Kier molecular flexibility index (Phi) is 4.29. The molecular formula is C18H21NO3. The van der Waals surface area contributed by atoms with Gasteiger partial charge in [-0.15, -0.1) is 0 Å². The maximum Gasteiger partial charge on any atom is 0.373 e. The fourth-order valence-corrected chi connectivity index (χ4v) is 3.22. The molecule has 0 spiro atoms. The van der Waals surface area contributed by atoms with Gasteiger partial charge in [0, 0.05) is 6.04 Å². The van der Waals surface area contributed by atoms with E-state index < -0.39 is 5.97 Å². The van der Waals surface area contributed by atoms with Crippen molar-refractivity contribution in [1.29, 1.82) is 0 Å². The Bertz CT molecular complexity index is 662. The van der Waals surface area contributed by atoms with Crippen LogP contribution in [0.15, 0.2) is 40.8 Å². The number of aryl methyl sites for hydroxylation is 1. The van der Waals surface area contributed by atoms with Crippen molar-refractivity contribution < 1.29 is 13.9 Å². The number of furan rings is 1. The molecule has 1 aromatic heterocycles. The van der Waals surface area contributed by atoms with Crippen molar-refractivity contribution >= 4 is 5.97 Å². The number of ether oxygens (including phenoxy) is 1. The number of fused-ring (bicyclic) bond motifs is 1. The summed E-state index contributed by atoms with van der Waals surface area (Å²) >= 11 is 0. The summed E-state index contributed by atoms with van der Waals surface area (Å²) in [6.45, 7) is 0.677. The molecule has 1 aliphatic rings. The third kappa shape index (κ3) is 2.92. The molecule has 1 aliphatic carbocycles. The Morgan fingerprint density at radius 3 is 2.95 bits per heavy atom. The molecular weight excluding hydrogens is 278 g/mol. The van der Waals surface area contributed by atoms with Gasteiger partial charge in [-0.3, -0.25) is 4.90 Å². The largest absolute Gasteiger partial charge is 0.463 e. The lowest BCUT2D eigenvalue weighted by Gasteiger charge is -2.32. The number of hydrogen-bond donors (Lipinski definition) is 0. The predicted molar refractivity (Wildman–Crippen MR) is 83.6 cm³/mol. The topological polar surface area (TPSA) is 42.7 Å². The summed E-state index contributed by atoms with van der Waals surface area (Å²) in [5.74, 6) is 0.609. The van der Waals surface area contributed by atoms with E-state index in [2.05, 4.69) is 40.9 Å². The molecule has 1 heterocycles. The fraction of sp³-hybridized carbons (Fsp3) is 0.389. The first-order valence-electron chi connectivity index (χ1n) is 7.64. The number of methoxy groups -OCH3 is 1. The normalized spacial score (nSPS) is 17.3. The van der Waals surface area contributed by atoms with Crippen LogP contribution in [0.5, 0.6) is 0 Å². The van der Waals surface area contributed by atoms with Gasteiger partial charge in [0.05, 0.1) is 13.7 Å². The summed E-state index contributed by atoms with van der Waals surface area (Å²) in [6, 6.07) is 12.6. The molecule has 22 heavy (non-hydrogen) atoms. The fourth-order valence-electron chi connectivity index (χ4n) is 3.22. The molecule has 0 amide bonds. The lowest BCUT2D eigenvalue weighted by atomic mass is 9.87. The predicted octanol–water partition coefficient (Wildman–Crippen LogP) is 3.58. The zero-order chi connectivity index (χ0) is 15.5. The number of carbonyl (C=O) groups is 1. The summed E-state index contributed by atoms with van der Waals surface area (Å²) in [5.41, 5.74) is 2.86. The SMILES string of the molecule is COC(=O)c1ccc(CN(C)[C@H]2CCCc3ccccc32)o1. The van der Waals surface area contributed by atoms with Gasteiger partial charge in [-0.05, 0) is 49.6 Å². The molecule has 3 rings (SSSR count). The zero-order valence-corrected chi connectivity index (χ0v) is 13.0. The molecule has 0 fully saturated rings. The molecule has 1 atom stereocenters. The van der Waals surface area contributed by atoms with E-state index in [4.69, 9.17) is 4.42 Å². The number of hydrogen-bond acceptors (Lipinski definition) is 4.